The molecule has 22 heavy (non-hydrogen) atoms. The second kappa shape index (κ2) is 5.24. The van der Waals surface area contributed by atoms with Crippen molar-refractivity contribution < 1.29 is 26.1 Å². The Labute approximate surface area is 145 Å². The molecular formula is C18H13BNO2. The molecule has 105 valence electrons. The van der Waals surface area contributed by atoms with Crippen LogP contribution in [0.25, 0.3) is 27.5 Å². The van der Waals surface area contributed by atoms with Gasteiger partial charge in [-0.3, -0.25) is 0 Å². The summed E-state index contributed by atoms with van der Waals surface area (Å²) in [5.41, 5.74) is -1.20. The van der Waals surface area contributed by atoms with Gasteiger partial charge in [0.2, 0.25) is 0 Å². The zero-order valence-electron chi connectivity index (χ0n) is 22.9. The van der Waals surface area contributed by atoms with E-state index >= 15 is 0 Å². The lowest BCUT2D eigenvalue weighted by Crippen LogP contribution is -2.04. The fourth-order valence-electron chi connectivity index (χ4n) is 2.23. The highest BCUT2D eigenvalue weighted by atomic mass is 16.5. The Bertz CT molecular complexity index is 1470. The summed E-state index contributed by atoms with van der Waals surface area (Å²) in [5.74, 6) is -0.618. The third kappa shape index (κ3) is 1.89. The molecule has 0 amide bonds. The molecule has 0 fully saturated rings. The Morgan fingerprint density at radius 2 is 1.36 bits per heavy atom. The molecule has 0 aliphatic rings. The molecule has 0 atom stereocenters. The van der Waals surface area contributed by atoms with Crippen LogP contribution in [0, 0.1) is 0 Å². The van der Waals surface area contributed by atoms with Crippen LogP contribution in [0.1, 0.15) is 16.4 Å². The molecule has 4 rings (SSSR count). The maximum absolute atomic E-state index is 9.25. The lowest BCUT2D eigenvalue weighted by Gasteiger charge is -2.13. The number of para-hydroxylation sites is 4. The largest absolute Gasteiger partial charge is 0.569 e. The van der Waals surface area contributed by atoms with Gasteiger partial charge in [-0.1, -0.05) is 48.3 Å². The minimum Gasteiger partial charge on any atom is -0.536 e. The van der Waals surface area contributed by atoms with E-state index in [1.807, 2.05) is 0 Å². The third-order valence-corrected chi connectivity index (χ3v) is 3.06. The molecule has 3 aromatic carbocycles. The molecule has 0 aliphatic heterocycles. The first-order valence-electron chi connectivity index (χ1n) is 12.1. The molecule has 4 aromatic rings. The molecule has 4 heteroatoms. The number of nitrogens with zero attached hydrogens (tertiary/aromatic N) is 1. The molecule has 1 heterocycles. The van der Waals surface area contributed by atoms with Gasteiger partial charge in [0.15, 0.2) is 0 Å². The standard InChI is InChI=1S/C18H13BNO2/c21-19-22-18-12-6-5-11-17(18)20-15-9-3-1-7-13(15)14-8-2-4-10-16(14)20/h1-12,21H/i1D,2D,3D,4D,5D,6D,7D,8D,9D,10D,11D,12D. The van der Waals surface area contributed by atoms with Gasteiger partial charge in [0.1, 0.15) is 5.75 Å². The predicted octanol–water partition coefficient (Wildman–Crippen LogP) is 3.69. The first-order valence-corrected chi connectivity index (χ1v) is 6.12. The van der Waals surface area contributed by atoms with Crippen molar-refractivity contribution in [3.05, 3.63) is 72.5 Å². The Hall–Kier alpha value is -2.72. The lowest BCUT2D eigenvalue weighted by atomic mass is 10.2. The molecule has 1 radical (unpaired) electrons. The smallest absolute Gasteiger partial charge is 0.536 e. The molecule has 0 aliphatic carbocycles. The van der Waals surface area contributed by atoms with Crippen molar-refractivity contribution in [2.75, 3.05) is 0 Å². The van der Waals surface area contributed by atoms with Gasteiger partial charge in [-0.15, -0.1) is 0 Å². The average Bonchev–Trinajstić information content (AvgIpc) is 3.16. The van der Waals surface area contributed by atoms with Gasteiger partial charge < -0.3 is 14.2 Å². The van der Waals surface area contributed by atoms with Crippen LogP contribution in [0.15, 0.2) is 72.5 Å². The van der Waals surface area contributed by atoms with Crippen LogP contribution < -0.4 is 4.65 Å². The Balaban J connectivity index is 2.48. The summed E-state index contributed by atoms with van der Waals surface area (Å²) in [6.07, 6.45) is 0. The van der Waals surface area contributed by atoms with Gasteiger partial charge in [0, 0.05) is 10.8 Å². The normalized spacial score (nSPS) is 18.6. The van der Waals surface area contributed by atoms with E-state index in [0.29, 0.717) is 0 Å². The molecule has 0 unspecified atom stereocenters. The summed E-state index contributed by atoms with van der Waals surface area (Å²) >= 11 is 0. The summed E-state index contributed by atoms with van der Waals surface area (Å²) in [5, 5.41) is 8.72. The maximum Gasteiger partial charge on any atom is 0.569 e. The van der Waals surface area contributed by atoms with Gasteiger partial charge in [0.05, 0.1) is 33.2 Å². The van der Waals surface area contributed by atoms with Crippen LogP contribution in [0.3, 0.4) is 0 Å². The van der Waals surface area contributed by atoms with Gasteiger partial charge in [-0.2, -0.15) is 0 Å². The zero-order valence-corrected chi connectivity index (χ0v) is 10.9. The molecule has 1 N–H and O–H groups in total. The minimum absolute atomic E-state index is 0.165. The number of fused-ring (bicyclic) bond motifs is 3. The second-order valence-corrected chi connectivity index (χ2v) is 4.18. The summed E-state index contributed by atoms with van der Waals surface area (Å²) in [4.78, 5) is 0. The minimum atomic E-state index is -0.734. The quantitative estimate of drug-likeness (QED) is 0.585. The van der Waals surface area contributed by atoms with Gasteiger partial charge >= 0.3 is 7.69 Å². The molecule has 0 bridgehead atoms. The number of rotatable bonds is 3. The zero-order chi connectivity index (χ0) is 25.4. The highest BCUT2D eigenvalue weighted by molar-refractivity contribution is 6.17. The summed E-state index contributed by atoms with van der Waals surface area (Å²) in [6, 6.07) is -8.05. The SMILES string of the molecule is [2H]c1c([2H])c([2H])c(-n2c3c([2H])c([2H])c([2H])c([2H])c3c3c([2H])c([2H])c([2H])c([2H])c32)c(O[B]O)c1[2H]. The van der Waals surface area contributed by atoms with Crippen molar-refractivity contribution >= 4 is 29.5 Å². The molecular weight excluding hydrogens is 273 g/mol. The molecule has 1 aromatic heterocycles. The lowest BCUT2D eigenvalue weighted by molar-refractivity contribution is 0.453. The van der Waals surface area contributed by atoms with Gasteiger partial charge in [-0.05, 0) is 24.2 Å². The topological polar surface area (TPSA) is 34.4 Å². The molecule has 0 spiro atoms. The van der Waals surface area contributed by atoms with Crippen LogP contribution in [-0.2, 0) is 0 Å². The first-order chi connectivity index (χ1) is 15.9. The van der Waals surface area contributed by atoms with Crippen molar-refractivity contribution in [2.45, 2.75) is 0 Å². The van der Waals surface area contributed by atoms with Gasteiger partial charge in [0.25, 0.3) is 0 Å². The van der Waals surface area contributed by atoms with Gasteiger partial charge in [-0.25, -0.2) is 0 Å². The highest BCUT2D eigenvalue weighted by Crippen LogP contribution is 2.34. The van der Waals surface area contributed by atoms with Crippen molar-refractivity contribution in [2.24, 2.45) is 0 Å². The third-order valence-electron chi connectivity index (χ3n) is 3.06. The van der Waals surface area contributed by atoms with Crippen LogP contribution in [0.5, 0.6) is 5.75 Å². The van der Waals surface area contributed by atoms with Crippen molar-refractivity contribution in [1.29, 1.82) is 0 Å². The summed E-state index contributed by atoms with van der Waals surface area (Å²) in [6.45, 7) is 0. The van der Waals surface area contributed by atoms with E-state index in [2.05, 4.69) is 0 Å². The van der Waals surface area contributed by atoms with Crippen molar-refractivity contribution in [3.63, 3.8) is 0 Å². The molecule has 0 saturated carbocycles. The summed E-state index contributed by atoms with van der Waals surface area (Å²) < 4.78 is 104. The van der Waals surface area contributed by atoms with E-state index in [1.54, 1.807) is 0 Å². The van der Waals surface area contributed by atoms with Crippen LogP contribution in [-0.4, -0.2) is 17.3 Å². The van der Waals surface area contributed by atoms with E-state index in [0.717, 1.165) is 4.57 Å². The number of hydrogen-bond donors (Lipinski definition) is 1. The first kappa shape index (κ1) is 5.49. The highest BCUT2D eigenvalue weighted by Gasteiger charge is 2.14. The number of benzene rings is 3. The fourth-order valence-corrected chi connectivity index (χ4v) is 2.23. The Kier molecular flexibility index (Phi) is 1.31. The number of hydrogen-bond acceptors (Lipinski definition) is 2. The molecule has 3 nitrogen and oxygen atoms in total. The van der Waals surface area contributed by atoms with Crippen LogP contribution in [0.4, 0.5) is 0 Å². The molecule has 0 saturated heterocycles. The van der Waals surface area contributed by atoms with E-state index < -0.39 is 83.9 Å². The Morgan fingerprint density at radius 1 is 0.818 bits per heavy atom. The predicted molar refractivity (Wildman–Crippen MR) is 89.4 cm³/mol. The fraction of sp³-hybridized carbons (Fsp3) is 0. The second-order valence-electron chi connectivity index (χ2n) is 4.18. The average molecular weight is 298 g/mol. The van der Waals surface area contributed by atoms with E-state index in [4.69, 9.17) is 21.1 Å². The number of aromatic nitrogens is 1. The summed E-state index contributed by atoms with van der Waals surface area (Å²) in [7, 11) is 0.165. The van der Waals surface area contributed by atoms with Crippen molar-refractivity contribution in [3.8, 4) is 11.4 Å². The maximum atomic E-state index is 9.25. The van der Waals surface area contributed by atoms with Crippen molar-refractivity contribution in [1.82, 2.24) is 4.57 Å². The monoisotopic (exact) mass is 298 g/mol. The van der Waals surface area contributed by atoms with E-state index in [-0.39, 0.29) is 29.5 Å². The Morgan fingerprint density at radius 3 is 2.00 bits per heavy atom. The van der Waals surface area contributed by atoms with Crippen LogP contribution in [0.2, 0.25) is 0 Å². The van der Waals surface area contributed by atoms with E-state index in [1.165, 1.54) is 0 Å². The van der Waals surface area contributed by atoms with E-state index in [9.17, 15) is 5.02 Å². The van der Waals surface area contributed by atoms with Crippen LogP contribution >= 0.6 is 0 Å².